The number of nitrogen functional groups attached to an aromatic ring is 1. The van der Waals surface area contributed by atoms with E-state index in [9.17, 15) is 112 Å². The topological polar surface area (TPSA) is 523 Å². The number of carbonyl (C=O) groups is 9. The zero-order valence-electron chi connectivity index (χ0n) is 67.4. The van der Waals surface area contributed by atoms with Crippen LogP contribution in [0.5, 0.6) is 0 Å². The molecule has 3 radical (unpaired) electrons. The fourth-order valence-electron chi connectivity index (χ4n) is 8.72. The summed E-state index contributed by atoms with van der Waals surface area (Å²) in [6.07, 6.45) is -18.9. The van der Waals surface area contributed by atoms with Crippen LogP contribution in [0, 0.1) is 0 Å². The maximum atomic E-state index is 12.6. The van der Waals surface area contributed by atoms with E-state index in [1.165, 1.54) is 100 Å². The van der Waals surface area contributed by atoms with E-state index >= 15 is 0 Å². The van der Waals surface area contributed by atoms with Crippen molar-refractivity contribution in [2.45, 2.75) is 83.7 Å². The van der Waals surface area contributed by atoms with Crippen molar-refractivity contribution in [1.29, 1.82) is 0 Å². The SMILES string of the molecule is C.COC(=O)CCC(=O)CNC(=O)c1ccc(Cl)cc1.COC(=O)CCl.COC(=O)CN=C=O.COC(=O)Cn1nc(-c2ccc(Cl)cc2)n(CC(O)C(F)(F)F)c1=O.NNC(=O)c1ccc(Cl)cc1.O=C(Cn1c(-c2ccc(Cl)cc2)n[nH]c1=O)C(F)(F)F.O=C(O)Cn1c(-c2ccc(Cl)cc2)n[nH]c1=O.O=c1[nH]nc(-c2ccc(Cl)cc2)n1CC(O)C(F)(F)F.[2HH].[B].[H-].[Na+]. The number of amides is 2. The van der Waals surface area contributed by atoms with Gasteiger partial charge in [0.2, 0.25) is 6.08 Å². The summed E-state index contributed by atoms with van der Waals surface area (Å²) in [5.74, 6) is -1.31. The predicted molar refractivity (Wildman–Crippen MR) is 448 cm³/mol. The van der Waals surface area contributed by atoms with Crippen molar-refractivity contribution >= 4 is 149 Å². The van der Waals surface area contributed by atoms with Crippen molar-refractivity contribution < 1.29 is 154 Å². The number of aliphatic hydroxyl groups is 2. The van der Waals surface area contributed by atoms with Gasteiger partial charge in [0, 0.05) is 79.8 Å². The number of H-pyrrole nitrogens is 3. The van der Waals surface area contributed by atoms with Gasteiger partial charge in [0.15, 0.2) is 41.3 Å². The molecule has 4 heterocycles. The van der Waals surface area contributed by atoms with Crippen LogP contribution in [0.4, 0.5) is 39.5 Å². The minimum absolute atomic E-state index is 0. The fourth-order valence-corrected chi connectivity index (χ4v) is 9.58. The number of carboxylic acid groups (broad SMARTS) is 1. The third-order valence-corrected chi connectivity index (χ3v) is 16.7. The van der Waals surface area contributed by atoms with Crippen LogP contribution in [0.1, 0.15) is 43.8 Å². The molecule has 55 heteroatoms. The molecule has 0 aliphatic rings. The molecule has 0 saturated carbocycles. The second kappa shape index (κ2) is 58.1. The Balaban J connectivity index is -0.00000146. The van der Waals surface area contributed by atoms with Crippen molar-refractivity contribution in [2.75, 3.05) is 47.4 Å². The molecule has 0 bridgehead atoms. The number of hydrazine groups is 1. The molecule has 693 valence electrons. The first kappa shape index (κ1) is 117. The van der Waals surface area contributed by atoms with Gasteiger partial charge in [-0.05, 0) is 146 Å². The normalized spacial score (nSPS) is 10.8. The van der Waals surface area contributed by atoms with E-state index in [1.807, 2.05) is 10.5 Å². The minimum atomic E-state index is -5.01. The number of ketones is 2. The van der Waals surface area contributed by atoms with Gasteiger partial charge in [0.25, 0.3) is 17.6 Å². The number of alkyl halides is 10. The van der Waals surface area contributed by atoms with Crippen LogP contribution in [0.15, 0.2) is 170 Å². The molecule has 129 heavy (non-hydrogen) atoms. The molecule has 0 spiro atoms. The van der Waals surface area contributed by atoms with Gasteiger partial charge in [-0.1, -0.05) is 77.0 Å². The molecule has 0 aliphatic carbocycles. The molecule has 37 nitrogen and oxygen atoms in total. The maximum absolute atomic E-state index is 12.6. The van der Waals surface area contributed by atoms with Gasteiger partial charge < -0.3 is 41.0 Å². The third-order valence-electron chi connectivity index (χ3n) is 15.0. The van der Waals surface area contributed by atoms with Crippen molar-refractivity contribution in [2.24, 2.45) is 10.8 Å². The predicted octanol–water partition coefficient (Wildman–Crippen LogP) is 6.32. The van der Waals surface area contributed by atoms with Crippen LogP contribution in [0.3, 0.4) is 0 Å². The number of aliphatic imine (C=N–C) groups is 1. The van der Waals surface area contributed by atoms with E-state index in [1.54, 1.807) is 72.8 Å². The number of aliphatic hydroxyl groups excluding tert-OH is 2. The summed E-state index contributed by atoms with van der Waals surface area (Å²) < 4.78 is 133. The number of carboxylic acids is 1. The summed E-state index contributed by atoms with van der Waals surface area (Å²) in [5, 5.41) is 53.6. The number of halogens is 16. The number of rotatable bonds is 24. The quantitative estimate of drug-likeness (QED) is 0.00305. The first-order valence-electron chi connectivity index (χ1n) is 34.3. The Labute approximate surface area is 783 Å². The summed E-state index contributed by atoms with van der Waals surface area (Å²) in [6.45, 7) is -4.49. The van der Waals surface area contributed by atoms with Crippen LogP contribution in [0.2, 0.25) is 30.1 Å². The molecule has 0 fully saturated rings. The Morgan fingerprint density at radius 2 is 0.837 bits per heavy atom. The number of isocyanates is 1. The van der Waals surface area contributed by atoms with Gasteiger partial charge >= 0.3 is 101 Å². The molecule has 6 aromatic carbocycles. The molecule has 0 aliphatic heterocycles. The number of benzene rings is 6. The van der Waals surface area contributed by atoms with E-state index in [4.69, 9.17) is 97.3 Å². The number of ether oxygens (including phenoxy) is 4. The number of aliphatic carboxylic acids is 1. The summed E-state index contributed by atoms with van der Waals surface area (Å²) in [6, 6.07) is 37.2. The van der Waals surface area contributed by atoms with Crippen molar-refractivity contribution in [1.82, 2.24) is 69.4 Å². The van der Waals surface area contributed by atoms with Crippen LogP contribution in [0.25, 0.3) is 45.6 Å². The number of Topliss-reactive ketones (excluding diaryl/α,β-unsaturated/α-hetero) is 2. The van der Waals surface area contributed by atoms with Crippen molar-refractivity contribution in [3.63, 3.8) is 0 Å². The standard InChI is InChI=1S/C14H13ClF3N3O4.C13H14ClNO4.C11H9ClF3N3O2.C11H7ClF3N3O2.C10H8ClN3O3.C7H7ClN2O.C4H5NO3.C3H5ClO2.CH4.B.Na.H2.H/c1-25-11(23)7-21-13(24)20(6-10(22)14(16,17)18)12(19-21)8-2-4-9(15)5-3-8;1-19-12(17)7-6-11(16)8-15-13(18)9-2-4-10(14)5-3-9;2*12-7-3-1-6(2-4-7)9-16-17-10(20)18(9)5-8(19)11(13,14)15;11-7-3-1-6(2-4-7)9-12-13-10(17)14(9)5-8(15)16;8-6-3-1-5(2-4-6)7(11)10-9;1-8-4(7)2-5-3-6;1-6-3(5)2-4;;;;;/h2-5,10,22H,6-7H2,1H3;2-5H,6-8H2,1H3,(H,15,18);1-4,8,19H,5H2,(H,17,20);1-4H,5H2,(H,17,20);1-4H,5H2,(H,13,17)(H,15,16);1-4H,9H2,(H,10,11);2H2,1H3;2H2,1H3;1H4;;;1H;/q;;;;;;;;;;+1;;-1/i;;;;;;;;;;;1+1;. The van der Waals surface area contributed by atoms with E-state index in [0.29, 0.717) is 77.3 Å². The average Bonchev–Trinajstić information content (AvgIpc) is 1.64. The number of nitrogens with zero attached hydrogens (tertiary/aromatic N) is 10. The molecule has 2 amide bonds. The summed E-state index contributed by atoms with van der Waals surface area (Å²) >= 11 is 39.2. The molecule has 2 unspecified atom stereocenters. The van der Waals surface area contributed by atoms with Crippen molar-refractivity contribution in [3.05, 3.63) is 229 Å². The number of aromatic nitrogens is 12. The second-order valence-electron chi connectivity index (χ2n) is 23.7. The largest absolute Gasteiger partial charge is 1.00 e. The number of hydrogen-bond acceptors (Lipinski definition) is 26. The van der Waals surface area contributed by atoms with Gasteiger partial charge in [-0.2, -0.15) is 59.8 Å². The number of methoxy groups -OCH3 is 4. The molecule has 10 rings (SSSR count). The van der Waals surface area contributed by atoms with Crippen LogP contribution >= 0.6 is 81.2 Å². The van der Waals surface area contributed by atoms with E-state index in [-0.39, 0.29) is 121 Å². The molecule has 10 aromatic rings. The van der Waals surface area contributed by atoms with Gasteiger partial charge in [0.05, 0.1) is 61.0 Å². The van der Waals surface area contributed by atoms with E-state index < -0.39 is 122 Å². The van der Waals surface area contributed by atoms with Gasteiger partial charge in [-0.3, -0.25) is 66.8 Å². The Morgan fingerprint density at radius 1 is 0.504 bits per heavy atom. The first-order valence-corrected chi connectivity index (χ1v) is 37.1. The number of hydrogen-bond donors (Lipinski definition) is 9. The molecule has 2 atom stereocenters. The number of carbonyl (C=O) groups excluding carboxylic acids is 9. The average molecular weight is 1980 g/mol. The molecular formula is C74H75BCl7F9N16NaO21. The van der Waals surface area contributed by atoms with Gasteiger partial charge in [-0.15, -0.1) is 16.7 Å². The summed E-state index contributed by atoms with van der Waals surface area (Å²) in [7, 11) is 4.88. The fraction of sp³-hybridized carbons (Fsp3) is 0.270. The van der Waals surface area contributed by atoms with E-state index in [2.05, 4.69) is 59.8 Å². The number of esters is 4. The summed E-state index contributed by atoms with van der Waals surface area (Å²) in [4.78, 5) is 156. The third kappa shape index (κ3) is 41.6. The van der Waals surface area contributed by atoms with Crippen LogP contribution in [-0.4, -0.2) is 220 Å². The maximum Gasteiger partial charge on any atom is 1.00 e. The smallest absolute Gasteiger partial charge is 1.00 e. The monoisotopic (exact) mass is 1970 g/mol. The Morgan fingerprint density at radius 3 is 1.16 bits per heavy atom. The van der Waals surface area contributed by atoms with Gasteiger partial charge in [0.1, 0.15) is 25.5 Å². The Kier molecular flexibility index (Phi) is 52.9. The second-order valence-corrected chi connectivity index (χ2v) is 26.6. The Bertz CT molecular complexity index is 5600. The molecule has 0 saturated heterocycles. The minimum Gasteiger partial charge on any atom is -1.00 e. The number of nitrogens with one attached hydrogen (secondary N) is 5. The Hall–Kier alpha value is -11.6. The zero-order valence-corrected chi connectivity index (χ0v) is 73.7. The molecule has 10 N–H and O–H groups in total. The van der Waals surface area contributed by atoms with Crippen LogP contribution < -0.4 is 68.9 Å². The van der Waals surface area contributed by atoms with Crippen molar-refractivity contribution in [3.8, 4) is 45.6 Å². The van der Waals surface area contributed by atoms with E-state index in [0.717, 1.165) is 16.2 Å². The zero-order chi connectivity index (χ0) is 94.9. The summed E-state index contributed by atoms with van der Waals surface area (Å²) in [5.41, 5.74) is 1.34. The molecular weight excluding hydrogens is 1900 g/mol. The van der Waals surface area contributed by atoms with Crippen LogP contribution in [-0.2, 0) is 90.0 Å². The number of nitrogens with two attached hydrogens (primary N) is 1. The van der Waals surface area contributed by atoms with Gasteiger partial charge in [-0.25, -0.2) is 49.8 Å². The molecule has 4 aromatic heterocycles. The number of aromatic amines is 3. The first-order chi connectivity index (χ1) is 59.2.